The van der Waals surface area contributed by atoms with Crippen molar-refractivity contribution >= 4 is 0 Å². The fourth-order valence-electron chi connectivity index (χ4n) is 7.71. The Hall–Kier alpha value is -0.780. The van der Waals surface area contributed by atoms with Crippen molar-refractivity contribution in [1.82, 2.24) is 0 Å². The lowest BCUT2D eigenvalue weighted by molar-refractivity contribution is 0.0172. The van der Waals surface area contributed by atoms with E-state index in [1.54, 1.807) is 0 Å². The first-order chi connectivity index (χ1) is 13.3. The van der Waals surface area contributed by atoms with Gasteiger partial charge >= 0.3 is 0 Å². The van der Waals surface area contributed by atoms with Crippen molar-refractivity contribution in [1.29, 1.82) is 0 Å². The average Bonchev–Trinajstić information content (AvgIpc) is 3.02. The van der Waals surface area contributed by atoms with Crippen LogP contribution in [0.4, 0.5) is 0 Å². The molecular formula is C28H44. The highest BCUT2D eigenvalue weighted by Gasteiger charge is 2.57. The molecule has 0 N–H and O–H groups in total. The number of rotatable bonds is 4. The van der Waals surface area contributed by atoms with Gasteiger partial charge in [0, 0.05) is 0 Å². The lowest BCUT2D eigenvalue weighted by Gasteiger charge is -2.56. The van der Waals surface area contributed by atoms with Crippen LogP contribution >= 0.6 is 0 Å². The van der Waals surface area contributed by atoms with E-state index in [9.17, 15) is 0 Å². The van der Waals surface area contributed by atoms with Gasteiger partial charge in [0.15, 0.2) is 0 Å². The number of hydrogen-bond acceptors (Lipinski definition) is 0. The van der Waals surface area contributed by atoms with E-state index in [1.165, 1.54) is 44.9 Å². The van der Waals surface area contributed by atoms with Crippen LogP contribution in [0.2, 0.25) is 0 Å². The van der Waals surface area contributed by atoms with Gasteiger partial charge in [-0.3, -0.25) is 0 Å². The van der Waals surface area contributed by atoms with Crippen molar-refractivity contribution < 1.29 is 0 Å². The van der Waals surface area contributed by atoms with Crippen LogP contribution in [0.5, 0.6) is 0 Å². The van der Waals surface area contributed by atoms with Crippen molar-refractivity contribution in [2.45, 2.75) is 86.5 Å². The van der Waals surface area contributed by atoms with Crippen molar-refractivity contribution in [3.63, 3.8) is 0 Å². The molecule has 0 heterocycles. The summed E-state index contributed by atoms with van der Waals surface area (Å²) in [6.07, 6.45) is 22.5. The summed E-state index contributed by atoms with van der Waals surface area (Å²) in [5.41, 5.74) is 2.97. The summed E-state index contributed by atoms with van der Waals surface area (Å²) in [4.78, 5) is 0. The van der Waals surface area contributed by atoms with E-state index >= 15 is 0 Å². The summed E-state index contributed by atoms with van der Waals surface area (Å²) in [7, 11) is 0. The molecule has 0 spiro atoms. The van der Waals surface area contributed by atoms with Gasteiger partial charge in [-0.25, -0.2) is 0 Å². The second-order valence-electron chi connectivity index (χ2n) is 11.7. The number of fused-ring (bicyclic) bond motifs is 5. The smallest absolute Gasteiger partial charge is 0.0140 e. The van der Waals surface area contributed by atoms with Crippen LogP contribution < -0.4 is 0 Å². The first-order valence-corrected chi connectivity index (χ1v) is 12.3. The minimum Gasteiger partial charge on any atom is -0.0882 e. The Morgan fingerprint density at radius 2 is 1.64 bits per heavy atom. The van der Waals surface area contributed by atoms with Crippen molar-refractivity contribution in [3.8, 4) is 0 Å². The Kier molecular flexibility index (Phi) is 5.47. The van der Waals surface area contributed by atoms with Gasteiger partial charge in [-0.05, 0) is 97.2 Å². The first-order valence-electron chi connectivity index (χ1n) is 12.3. The second kappa shape index (κ2) is 7.48. The van der Waals surface area contributed by atoms with E-state index in [0.717, 1.165) is 35.5 Å². The summed E-state index contributed by atoms with van der Waals surface area (Å²) >= 11 is 0. The van der Waals surface area contributed by atoms with Crippen LogP contribution in [0.3, 0.4) is 0 Å². The van der Waals surface area contributed by atoms with Gasteiger partial charge < -0.3 is 0 Å². The Bertz CT molecular complexity index is 664. The summed E-state index contributed by atoms with van der Waals surface area (Å²) < 4.78 is 0. The molecule has 156 valence electrons. The third-order valence-electron chi connectivity index (χ3n) is 10.1. The number of hydrogen-bond donors (Lipinski definition) is 0. The van der Waals surface area contributed by atoms with E-state index in [2.05, 4.69) is 71.9 Å². The molecular weight excluding hydrogens is 336 g/mol. The third kappa shape index (κ3) is 3.18. The van der Waals surface area contributed by atoms with E-state index < -0.39 is 0 Å². The van der Waals surface area contributed by atoms with Crippen molar-refractivity contribution in [2.75, 3.05) is 0 Å². The second-order valence-corrected chi connectivity index (χ2v) is 11.7. The van der Waals surface area contributed by atoms with Crippen molar-refractivity contribution in [3.05, 3.63) is 36.0 Å². The molecule has 0 amide bonds. The quantitative estimate of drug-likeness (QED) is 0.431. The summed E-state index contributed by atoms with van der Waals surface area (Å²) in [5.74, 6) is 5.65. The monoisotopic (exact) mass is 380 g/mol. The molecule has 8 atom stereocenters. The fraction of sp³-hybridized carbons (Fsp3) is 0.786. The Labute approximate surface area is 175 Å². The van der Waals surface area contributed by atoms with Crippen molar-refractivity contribution in [2.24, 2.45) is 52.3 Å². The maximum Gasteiger partial charge on any atom is -0.0140 e. The first kappa shape index (κ1) is 20.5. The lowest BCUT2D eigenvalue weighted by atomic mass is 9.48. The molecule has 2 saturated carbocycles. The maximum absolute atomic E-state index is 2.74. The Morgan fingerprint density at radius 1 is 0.893 bits per heavy atom. The summed E-state index contributed by atoms with van der Waals surface area (Å²) in [6.45, 7) is 14.9. The van der Waals surface area contributed by atoms with Crippen LogP contribution in [0, 0.1) is 52.3 Å². The highest BCUT2D eigenvalue weighted by atomic mass is 14.6. The van der Waals surface area contributed by atoms with Gasteiger partial charge in [0.2, 0.25) is 0 Å². The molecule has 4 aliphatic rings. The van der Waals surface area contributed by atoms with Gasteiger partial charge in [0.1, 0.15) is 0 Å². The molecule has 0 saturated heterocycles. The van der Waals surface area contributed by atoms with Gasteiger partial charge in [-0.1, -0.05) is 77.5 Å². The maximum atomic E-state index is 2.74. The average molecular weight is 381 g/mol. The standard InChI is InChI=1S/C28H44/c1-19(2)20(3)10-11-21(4)24-14-15-25-23-13-12-22-9-7-8-17-27(22,5)26(23)16-18-28(24,25)6/h7-8,10-11,13,19-22,24-26H,9,12,14-18H2,1-6H3/b11-10+/t20-,21+,22+,24?,25?,26?,27+,28?/m0/s1. The molecule has 0 nitrogen and oxygen atoms in total. The SMILES string of the molecule is CC(C)[C@@H](C)/C=C/[C@@H](C)C1CCC2C3=CC[C@H]4CC=CC[C@@]4(C)C3CCC21C. The van der Waals surface area contributed by atoms with Crippen LogP contribution in [0.25, 0.3) is 0 Å². The Morgan fingerprint density at radius 3 is 2.39 bits per heavy atom. The van der Waals surface area contributed by atoms with Gasteiger partial charge in [-0.2, -0.15) is 0 Å². The zero-order chi connectivity index (χ0) is 20.1. The topological polar surface area (TPSA) is 0 Å². The molecule has 4 aliphatic carbocycles. The zero-order valence-electron chi connectivity index (χ0n) is 19.4. The van der Waals surface area contributed by atoms with E-state index in [-0.39, 0.29) is 0 Å². The molecule has 0 heteroatoms. The van der Waals surface area contributed by atoms with Crippen LogP contribution in [0.1, 0.15) is 86.5 Å². The highest BCUT2D eigenvalue weighted by Crippen LogP contribution is 2.66. The Balaban J connectivity index is 1.55. The molecule has 0 radical (unpaired) electrons. The fourth-order valence-corrected chi connectivity index (χ4v) is 7.71. The van der Waals surface area contributed by atoms with Crippen LogP contribution in [-0.4, -0.2) is 0 Å². The normalized spacial score (nSPS) is 44.8. The summed E-state index contributed by atoms with van der Waals surface area (Å²) in [5, 5.41) is 0. The predicted molar refractivity (Wildman–Crippen MR) is 122 cm³/mol. The minimum atomic E-state index is 0.529. The van der Waals surface area contributed by atoms with E-state index in [1.807, 2.05) is 5.57 Å². The molecule has 0 aromatic carbocycles. The third-order valence-corrected chi connectivity index (χ3v) is 10.1. The number of allylic oxidation sites excluding steroid dienone is 6. The molecule has 0 aliphatic heterocycles. The molecule has 4 rings (SSSR count). The lowest BCUT2D eigenvalue weighted by Crippen LogP contribution is -2.47. The van der Waals surface area contributed by atoms with Gasteiger partial charge in [0.05, 0.1) is 0 Å². The van der Waals surface area contributed by atoms with Gasteiger partial charge in [-0.15, -0.1) is 0 Å². The van der Waals surface area contributed by atoms with E-state index in [4.69, 9.17) is 0 Å². The minimum absolute atomic E-state index is 0.529. The van der Waals surface area contributed by atoms with Crippen LogP contribution in [-0.2, 0) is 0 Å². The largest absolute Gasteiger partial charge is 0.0882 e. The van der Waals surface area contributed by atoms with Crippen LogP contribution in [0.15, 0.2) is 36.0 Å². The van der Waals surface area contributed by atoms with E-state index in [0.29, 0.717) is 16.7 Å². The molecule has 28 heavy (non-hydrogen) atoms. The van der Waals surface area contributed by atoms with Gasteiger partial charge in [0.25, 0.3) is 0 Å². The molecule has 0 aromatic rings. The predicted octanol–water partition coefficient (Wildman–Crippen LogP) is 8.22. The molecule has 0 bridgehead atoms. The molecule has 0 aromatic heterocycles. The molecule has 2 fully saturated rings. The highest BCUT2D eigenvalue weighted by molar-refractivity contribution is 5.29. The zero-order valence-corrected chi connectivity index (χ0v) is 19.4. The summed E-state index contributed by atoms with van der Waals surface area (Å²) in [6, 6.07) is 0. The molecule has 4 unspecified atom stereocenters.